The van der Waals surface area contributed by atoms with Gasteiger partial charge >= 0.3 is 0 Å². The number of aromatic nitrogens is 3. The third-order valence-electron chi connectivity index (χ3n) is 4.23. The SMILES string of the molecule is CCCCOc1ccc(/C=c2\sc3nc(-c4ccc(Br)cc4)nn3c2=O)cc1. The van der Waals surface area contributed by atoms with Gasteiger partial charge in [0.1, 0.15) is 5.75 Å². The van der Waals surface area contributed by atoms with Crippen LogP contribution in [0.4, 0.5) is 0 Å². The van der Waals surface area contributed by atoms with Crippen molar-refractivity contribution in [3.05, 3.63) is 73.5 Å². The lowest BCUT2D eigenvalue weighted by atomic mass is 10.2. The van der Waals surface area contributed by atoms with Gasteiger partial charge in [0.2, 0.25) is 4.96 Å². The average Bonchev–Trinajstić information content (AvgIpc) is 3.24. The van der Waals surface area contributed by atoms with E-state index in [9.17, 15) is 4.79 Å². The van der Waals surface area contributed by atoms with Gasteiger partial charge in [0, 0.05) is 10.0 Å². The Balaban J connectivity index is 1.60. The third kappa shape index (κ3) is 4.00. The van der Waals surface area contributed by atoms with Gasteiger partial charge in [-0.25, -0.2) is 0 Å². The highest BCUT2D eigenvalue weighted by molar-refractivity contribution is 9.10. The molecule has 0 aliphatic rings. The van der Waals surface area contributed by atoms with E-state index < -0.39 is 0 Å². The van der Waals surface area contributed by atoms with Gasteiger partial charge < -0.3 is 4.74 Å². The molecule has 0 spiro atoms. The summed E-state index contributed by atoms with van der Waals surface area (Å²) in [5, 5.41) is 4.38. The molecule has 4 rings (SSSR count). The van der Waals surface area contributed by atoms with Gasteiger partial charge in [0.15, 0.2) is 5.82 Å². The Morgan fingerprint density at radius 3 is 2.57 bits per heavy atom. The fourth-order valence-corrected chi connectivity index (χ4v) is 3.87. The maximum atomic E-state index is 12.7. The van der Waals surface area contributed by atoms with Crippen LogP contribution in [0.2, 0.25) is 0 Å². The standard InChI is InChI=1S/C21H18BrN3O2S/c1-2-3-12-27-17-10-4-14(5-11-17)13-18-20(26)25-21(28-18)23-19(24-25)15-6-8-16(22)9-7-15/h4-11,13H,2-3,12H2,1H3/b18-13-. The average molecular weight is 456 g/mol. The van der Waals surface area contributed by atoms with E-state index in [-0.39, 0.29) is 5.56 Å². The van der Waals surface area contributed by atoms with Gasteiger partial charge in [-0.3, -0.25) is 4.79 Å². The van der Waals surface area contributed by atoms with E-state index in [1.54, 1.807) is 0 Å². The van der Waals surface area contributed by atoms with Crippen LogP contribution in [-0.2, 0) is 0 Å². The zero-order valence-corrected chi connectivity index (χ0v) is 17.7. The van der Waals surface area contributed by atoms with Crippen molar-refractivity contribution in [2.45, 2.75) is 19.8 Å². The summed E-state index contributed by atoms with van der Waals surface area (Å²) < 4.78 is 8.64. The molecule has 0 atom stereocenters. The molecule has 0 aliphatic carbocycles. The lowest BCUT2D eigenvalue weighted by Gasteiger charge is -2.04. The molecule has 5 nitrogen and oxygen atoms in total. The van der Waals surface area contributed by atoms with E-state index in [0.29, 0.717) is 15.3 Å². The van der Waals surface area contributed by atoms with Gasteiger partial charge in [-0.1, -0.05) is 64.9 Å². The summed E-state index contributed by atoms with van der Waals surface area (Å²) >= 11 is 4.75. The molecule has 4 aromatic rings. The highest BCUT2D eigenvalue weighted by Gasteiger charge is 2.11. The highest BCUT2D eigenvalue weighted by Crippen LogP contribution is 2.19. The highest BCUT2D eigenvalue weighted by atomic mass is 79.9. The lowest BCUT2D eigenvalue weighted by Crippen LogP contribution is -2.23. The molecule has 0 amide bonds. The third-order valence-corrected chi connectivity index (χ3v) is 5.72. The molecular weight excluding hydrogens is 438 g/mol. The normalized spacial score (nSPS) is 12.0. The van der Waals surface area contributed by atoms with Crippen LogP contribution < -0.4 is 14.8 Å². The van der Waals surface area contributed by atoms with Crippen LogP contribution in [0.1, 0.15) is 25.3 Å². The van der Waals surface area contributed by atoms with E-state index in [1.165, 1.54) is 15.9 Å². The van der Waals surface area contributed by atoms with E-state index in [1.807, 2.05) is 54.6 Å². The Kier molecular flexibility index (Phi) is 5.54. The van der Waals surface area contributed by atoms with Crippen molar-refractivity contribution >= 4 is 38.3 Å². The summed E-state index contributed by atoms with van der Waals surface area (Å²) in [6, 6.07) is 15.4. The molecule has 0 fully saturated rings. The lowest BCUT2D eigenvalue weighted by molar-refractivity contribution is 0.309. The number of hydrogen-bond acceptors (Lipinski definition) is 5. The van der Waals surface area contributed by atoms with Crippen LogP contribution in [0.5, 0.6) is 5.75 Å². The number of fused-ring (bicyclic) bond motifs is 1. The Labute approximate surface area is 174 Å². The minimum Gasteiger partial charge on any atom is -0.494 e. The number of ether oxygens (including phenoxy) is 1. The molecule has 7 heteroatoms. The summed E-state index contributed by atoms with van der Waals surface area (Å²) in [5.41, 5.74) is 1.67. The molecule has 0 aliphatic heterocycles. The molecule has 2 aromatic carbocycles. The van der Waals surface area contributed by atoms with Crippen molar-refractivity contribution in [1.29, 1.82) is 0 Å². The first-order valence-corrected chi connectivity index (χ1v) is 10.6. The van der Waals surface area contributed by atoms with Gasteiger partial charge in [0.05, 0.1) is 11.1 Å². The van der Waals surface area contributed by atoms with Crippen molar-refractivity contribution in [3.8, 4) is 17.1 Å². The Morgan fingerprint density at radius 2 is 1.89 bits per heavy atom. The summed E-state index contributed by atoms with van der Waals surface area (Å²) in [4.78, 5) is 17.8. The largest absolute Gasteiger partial charge is 0.494 e. The van der Waals surface area contributed by atoms with E-state index in [2.05, 4.69) is 32.9 Å². The monoisotopic (exact) mass is 455 g/mol. The van der Waals surface area contributed by atoms with Crippen LogP contribution in [-0.4, -0.2) is 21.2 Å². The Hall–Kier alpha value is -2.51. The van der Waals surface area contributed by atoms with Crippen LogP contribution in [0.15, 0.2) is 57.8 Å². The molecule has 0 unspecified atom stereocenters. The van der Waals surface area contributed by atoms with E-state index >= 15 is 0 Å². The Bertz CT molecular complexity index is 1200. The first kappa shape index (κ1) is 18.8. The molecule has 0 saturated carbocycles. The predicted octanol–water partition coefficient (Wildman–Crippen LogP) is 4.31. The second-order valence-corrected chi connectivity index (χ2v) is 8.25. The van der Waals surface area contributed by atoms with Crippen molar-refractivity contribution in [2.75, 3.05) is 6.61 Å². The zero-order chi connectivity index (χ0) is 19.5. The minimum absolute atomic E-state index is 0.154. The molecule has 2 heterocycles. The topological polar surface area (TPSA) is 56.5 Å². The predicted molar refractivity (Wildman–Crippen MR) is 116 cm³/mol. The number of halogens is 1. The molecule has 2 aromatic heterocycles. The minimum atomic E-state index is -0.154. The van der Waals surface area contributed by atoms with Crippen molar-refractivity contribution in [1.82, 2.24) is 14.6 Å². The summed E-state index contributed by atoms with van der Waals surface area (Å²) in [5.74, 6) is 1.39. The number of hydrogen-bond donors (Lipinski definition) is 0. The molecule has 0 radical (unpaired) electrons. The summed E-state index contributed by atoms with van der Waals surface area (Å²) in [7, 11) is 0. The second kappa shape index (κ2) is 8.24. The van der Waals surface area contributed by atoms with Crippen molar-refractivity contribution < 1.29 is 4.74 Å². The van der Waals surface area contributed by atoms with Gasteiger partial charge in [-0.05, 0) is 42.3 Å². The quantitative estimate of drug-likeness (QED) is 0.406. The van der Waals surface area contributed by atoms with Crippen LogP contribution in [0.3, 0.4) is 0 Å². The number of unbranched alkanes of at least 4 members (excludes halogenated alkanes) is 1. The summed E-state index contributed by atoms with van der Waals surface area (Å²) in [6.07, 6.45) is 4.01. The molecule has 142 valence electrons. The summed E-state index contributed by atoms with van der Waals surface area (Å²) in [6.45, 7) is 2.86. The van der Waals surface area contributed by atoms with E-state index in [4.69, 9.17) is 4.74 Å². The van der Waals surface area contributed by atoms with Gasteiger partial charge in [0.25, 0.3) is 5.56 Å². The molecule has 0 bridgehead atoms. The maximum Gasteiger partial charge on any atom is 0.291 e. The first-order valence-electron chi connectivity index (χ1n) is 9.04. The zero-order valence-electron chi connectivity index (χ0n) is 15.3. The van der Waals surface area contributed by atoms with Gasteiger partial charge in [-0.15, -0.1) is 5.10 Å². The number of thiazole rings is 1. The second-order valence-electron chi connectivity index (χ2n) is 6.32. The van der Waals surface area contributed by atoms with E-state index in [0.717, 1.165) is 40.8 Å². The molecule has 0 saturated heterocycles. The number of rotatable bonds is 6. The van der Waals surface area contributed by atoms with Crippen molar-refractivity contribution in [3.63, 3.8) is 0 Å². The maximum absolute atomic E-state index is 12.7. The van der Waals surface area contributed by atoms with Crippen LogP contribution in [0.25, 0.3) is 22.4 Å². The fourth-order valence-electron chi connectivity index (χ4n) is 2.70. The van der Waals surface area contributed by atoms with Crippen LogP contribution >= 0.6 is 27.3 Å². The number of nitrogens with zero attached hydrogens (tertiary/aromatic N) is 3. The fraction of sp³-hybridized carbons (Fsp3) is 0.190. The smallest absolute Gasteiger partial charge is 0.291 e. The molecule has 28 heavy (non-hydrogen) atoms. The number of benzene rings is 2. The van der Waals surface area contributed by atoms with Gasteiger partial charge in [-0.2, -0.15) is 9.50 Å². The van der Waals surface area contributed by atoms with Crippen molar-refractivity contribution in [2.24, 2.45) is 0 Å². The first-order chi connectivity index (χ1) is 13.6. The van der Waals surface area contributed by atoms with Crippen LogP contribution in [0, 0.1) is 0 Å². The molecule has 0 N–H and O–H groups in total. The Morgan fingerprint density at radius 1 is 1.14 bits per heavy atom. The molecular formula is C21H18BrN3O2S.